The lowest BCUT2D eigenvalue weighted by atomic mass is 9.68. The number of fused-ring (bicyclic) bond motifs is 4. The molecule has 0 spiro atoms. The highest BCUT2D eigenvalue weighted by atomic mass is 16.3. The van der Waals surface area contributed by atoms with E-state index in [9.17, 15) is 5.11 Å². The Hall–Kier alpha value is -1.02. The lowest BCUT2D eigenvalue weighted by molar-refractivity contribution is 0.115. The molecule has 1 saturated heterocycles. The summed E-state index contributed by atoms with van der Waals surface area (Å²) in [7, 11) is 0. The van der Waals surface area contributed by atoms with Gasteiger partial charge < -0.3 is 5.11 Å². The number of nitrogens with zero attached hydrogens (tertiary/aromatic N) is 1. The van der Waals surface area contributed by atoms with Crippen LogP contribution in [0.15, 0.2) is 18.2 Å². The van der Waals surface area contributed by atoms with Crippen molar-refractivity contribution in [3.63, 3.8) is 0 Å². The third-order valence-electron chi connectivity index (χ3n) is 4.39. The van der Waals surface area contributed by atoms with E-state index in [0.717, 1.165) is 6.54 Å². The number of phenols is 1. The Labute approximate surface area is 96.9 Å². The van der Waals surface area contributed by atoms with Crippen LogP contribution in [0.25, 0.3) is 0 Å². The first-order valence-electron chi connectivity index (χ1n) is 6.28. The van der Waals surface area contributed by atoms with Gasteiger partial charge in [-0.2, -0.15) is 0 Å². The van der Waals surface area contributed by atoms with Crippen LogP contribution in [0.3, 0.4) is 0 Å². The molecule has 0 radical (unpaired) electrons. The monoisotopic (exact) mass is 217 g/mol. The molecule has 2 heteroatoms. The van der Waals surface area contributed by atoms with E-state index in [4.69, 9.17) is 0 Å². The van der Waals surface area contributed by atoms with Gasteiger partial charge in [0.25, 0.3) is 0 Å². The van der Waals surface area contributed by atoms with Crippen molar-refractivity contribution in [2.45, 2.75) is 38.1 Å². The number of rotatable bonds is 1. The molecule has 2 atom stereocenters. The Morgan fingerprint density at radius 1 is 1.44 bits per heavy atom. The van der Waals surface area contributed by atoms with Gasteiger partial charge in [-0.25, -0.2) is 0 Å². The highest BCUT2D eigenvalue weighted by molar-refractivity contribution is 5.42. The summed E-state index contributed by atoms with van der Waals surface area (Å²) in [6.45, 7) is 5.77. The molecule has 1 N–H and O–H groups in total. The van der Waals surface area contributed by atoms with Gasteiger partial charge in [0.05, 0.1) is 0 Å². The Bertz CT molecular complexity index is 415. The standard InChI is InChI=1S/C14H19NO/c1-2-14-6-3-7-15(10-14)9-11-4-5-12(16)8-13(11)14/h4-5,8,16H,2-3,6-7,9-10H2,1H3. The van der Waals surface area contributed by atoms with Gasteiger partial charge in [0.1, 0.15) is 5.75 Å². The molecule has 2 bridgehead atoms. The largest absolute Gasteiger partial charge is 0.508 e. The molecule has 3 rings (SSSR count). The van der Waals surface area contributed by atoms with Crippen molar-refractivity contribution in [1.29, 1.82) is 0 Å². The number of aromatic hydroxyl groups is 1. The van der Waals surface area contributed by atoms with Crippen molar-refractivity contribution in [2.75, 3.05) is 13.1 Å². The average Bonchev–Trinajstić information content (AvgIpc) is 2.31. The fraction of sp³-hybridized carbons (Fsp3) is 0.571. The van der Waals surface area contributed by atoms with Gasteiger partial charge in [-0.3, -0.25) is 4.90 Å². The zero-order chi connectivity index (χ0) is 11.2. The Kier molecular flexibility index (Phi) is 2.21. The second kappa shape index (κ2) is 3.49. The van der Waals surface area contributed by atoms with E-state index in [1.165, 1.54) is 43.5 Å². The van der Waals surface area contributed by atoms with E-state index >= 15 is 0 Å². The normalized spacial score (nSPS) is 32.2. The minimum atomic E-state index is 0.310. The summed E-state index contributed by atoms with van der Waals surface area (Å²) in [4.78, 5) is 2.56. The van der Waals surface area contributed by atoms with Gasteiger partial charge in [0.15, 0.2) is 0 Å². The molecule has 2 aliphatic heterocycles. The highest BCUT2D eigenvalue weighted by Crippen LogP contribution is 2.43. The van der Waals surface area contributed by atoms with Gasteiger partial charge in [0, 0.05) is 18.5 Å². The van der Waals surface area contributed by atoms with Crippen molar-refractivity contribution in [1.82, 2.24) is 4.90 Å². The first kappa shape index (κ1) is 10.2. The zero-order valence-electron chi connectivity index (χ0n) is 9.87. The number of benzene rings is 1. The van der Waals surface area contributed by atoms with Crippen molar-refractivity contribution in [2.24, 2.45) is 0 Å². The minimum Gasteiger partial charge on any atom is -0.508 e. The molecule has 86 valence electrons. The van der Waals surface area contributed by atoms with Gasteiger partial charge >= 0.3 is 0 Å². The molecule has 2 heterocycles. The molecule has 1 fully saturated rings. The van der Waals surface area contributed by atoms with Crippen LogP contribution in [0.4, 0.5) is 0 Å². The number of hydrogen-bond donors (Lipinski definition) is 1. The van der Waals surface area contributed by atoms with Crippen LogP contribution in [0.5, 0.6) is 5.75 Å². The number of piperidine rings is 1. The Morgan fingerprint density at radius 3 is 3.12 bits per heavy atom. The summed E-state index contributed by atoms with van der Waals surface area (Å²) in [5.74, 6) is 0.422. The average molecular weight is 217 g/mol. The molecular weight excluding hydrogens is 198 g/mol. The predicted molar refractivity (Wildman–Crippen MR) is 64.6 cm³/mol. The third kappa shape index (κ3) is 1.36. The zero-order valence-corrected chi connectivity index (χ0v) is 9.87. The molecule has 0 amide bonds. The summed E-state index contributed by atoms with van der Waals surface area (Å²) < 4.78 is 0. The van der Waals surface area contributed by atoms with Crippen LogP contribution >= 0.6 is 0 Å². The second-order valence-electron chi connectivity index (χ2n) is 5.29. The molecule has 0 saturated carbocycles. The molecule has 2 aliphatic rings. The van der Waals surface area contributed by atoms with Crippen molar-refractivity contribution < 1.29 is 5.11 Å². The summed E-state index contributed by atoms with van der Waals surface area (Å²) in [5.41, 5.74) is 3.14. The van der Waals surface area contributed by atoms with Crippen molar-refractivity contribution in [3.8, 4) is 5.75 Å². The maximum Gasteiger partial charge on any atom is 0.115 e. The summed E-state index contributed by atoms with van der Waals surface area (Å²) in [6.07, 6.45) is 3.75. The maximum atomic E-state index is 9.68. The fourth-order valence-corrected chi connectivity index (χ4v) is 3.50. The molecule has 1 aromatic rings. The first-order valence-corrected chi connectivity index (χ1v) is 6.28. The topological polar surface area (TPSA) is 23.5 Å². The summed E-state index contributed by atoms with van der Waals surface area (Å²) in [5, 5.41) is 9.68. The Balaban J connectivity index is 2.14. The molecule has 0 aromatic heterocycles. The van der Waals surface area contributed by atoms with Crippen LogP contribution in [-0.4, -0.2) is 23.1 Å². The van der Waals surface area contributed by atoms with E-state index in [0.29, 0.717) is 11.2 Å². The van der Waals surface area contributed by atoms with Gasteiger partial charge in [-0.15, -0.1) is 0 Å². The molecule has 16 heavy (non-hydrogen) atoms. The minimum absolute atomic E-state index is 0.310. The van der Waals surface area contributed by atoms with Crippen LogP contribution < -0.4 is 0 Å². The fourth-order valence-electron chi connectivity index (χ4n) is 3.50. The molecule has 2 unspecified atom stereocenters. The number of phenolic OH excluding ortho intramolecular Hbond substituents is 1. The maximum absolute atomic E-state index is 9.68. The van der Waals surface area contributed by atoms with Crippen molar-refractivity contribution >= 4 is 0 Å². The molecule has 1 aromatic carbocycles. The van der Waals surface area contributed by atoms with E-state index < -0.39 is 0 Å². The summed E-state index contributed by atoms with van der Waals surface area (Å²) >= 11 is 0. The smallest absolute Gasteiger partial charge is 0.115 e. The van der Waals surface area contributed by atoms with Gasteiger partial charge in [-0.05, 0) is 49.1 Å². The van der Waals surface area contributed by atoms with E-state index in [-0.39, 0.29) is 0 Å². The Morgan fingerprint density at radius 2 is 2.31 bits per heavy atom. The lowest BCUT2D eigenvalue weighted by Gasteiger charge is -2.48. The van der Waals surface area contributed by atoms with E-state index in [1.54, 1.807) is 0 Å². The SMILES string of the molecule is CCC12CCCN(Cc3ccc(O)cc31)C2. The molecule has 0 aliphatic carbocycles. The van der Waals surface area contributed by atoms with Crippen molar-refractivity contribution in [3.05, 3.63) is 29.3 Å². The van der Waals surface area contributed by atoms with Crippen LogP contribution in [0, 0.1) is 0 Å². The van der Waals surface area contributed by atoms with E-state index in [1.807, 2.05) is 12.1 Å². The van der Waals surface area contributed by atoms with Gasteiger partial charge in [0.2, 0.25) is 0 Å². The van der Waals surface area contributed by atoms with Gasteiger partial charge in [-0.1, -0.05) is 13.0 Å². The first-order chi connectivity index (χ1) is 7.73. The highest BCUT2D eigenvalue weighted by Gasteiger charge is 2.40. The quantitative estimate of drug-likeness (QED) is 0.781. The second-order valence-corrected chi connectivity index (χ2v) is 5.29. The lowest BCUT2D eigenvalue weighted by Crippen LogP contribution is -2.49. The molecular formula is C14H19NO. The van der Waals surface area contributed by atoms with Crippen LogP contribution in [0.2, 0.25) is 0 Å². The van der Waals surface area contributed by atoms with Crippen LogP contribution in [0.1, 0.15) is 37.3 Å². The predicted octanol–water partition coefficient (Wildman–Crippen LogP) is 2.65. The third-order valence-corrected chi connectivity index (χ3v) is 4.39. The summed E-state index contributed by atoms with van der Waals surface area (Å²) in [6, 6.07) is 5.93. The number of hydrogen-bond acceptors (Lipinski definition) is 2. The molecule has 2 nitrogen and oxygen atoms in total. The van der Waals surface area contributed by atoms with Crippen LogP contribution in [-0.2, 0) is 12.0 Å². The van der Waals surface area contributed by atoms with E-state index in [2.05, 4.69) is 17.9 Å².